The quantitative estimate of drug-likeness (QED) is 0.579. The van der Waals surface area contributed by atoms with Crippen LogP contribution in [0.15, 0.2) is 40.9 Å². The number of aromatic nitrogens is 3. The number of hydrogen-bond acceptors (Lipinski definition) is 6. The first-order valence-electron chi connectivity index (χ1n) is 8.65. The van der Waals surface area contributed by atoms with Gasteiger partial charge in [0.1, 0.15) is 5.75 Å². The summed E-state index contributed by atoms with van der Waals surface area (Å²) in [7, 11) is 1.70. The maximum atomic E-state index is 5.76. The van der Waals surface area contributed by atoms with Gasteiger partial charge >= 0.3 is 0 Å². The first-order chi connectivity index (χ1) is 12.8. The molecule has 26 heavy (non-hydrogen) atoms. The van der Waals surface area contributed by atoms with E-state index >= 15 is 0 Å². The molecule has 1 unspecified atom stereocenters. The highest BCUT2D eigenvalue weighted by atomic mass is 32.2. The maximum Gasteiger partial charge on any atom is 0.196 e. The van der Waals surface area contributed by atoms with Gasteiger partial charge in [-0.2, -0.15) is 0 Å². The van der Waals surface area contributed by atoms with Gasteiger partial charge in [-0.1, -0.05) is 23.9 Å². The van der Waals surface area contributed by atoms with Gasteiger partial charge in [0.15, 0.2) is 11.0 Å². The molecule has 1 aliphatic rings. The Labute approximate surface area is 161 Å². The molecule has 0 radical (unpaired) electrons. The highest BCUT2D eigenvalue weighted by molar-refractivity contribution is 7.99. The Morgan fingerprint density at radius 1 is 1.35 bits per heavy atom. The van der Waals surface area contributed by atoms with Crippen molar-refractivity contribution < 1.29 is 9.47 Å². The number of rotatable bonds is 6. The fraction of sp³-hybridized carbons (Fsp3) is 0.368. The van der Waals surface area contributed by atoms with E-state index in [4.69, 9.17) is 9.47 Å². The van der Waals surface area contributed by atoms with Crippen molar-refractivity contribution in [3.05, 3.63) is 41.3 Å². The van der Waals surface area contributed by atoms with Crippen LogP contribution in [0, 0.1) is 6.92 Å². The minimum atomic E-state index is 0.301. The molecule has 0 bridgehead atoms. The molecule has 0 saturated carbocycles. The van der Waals surface area contributed by atoms with E-state index in [0.29, 0.717) is 6.10 Å². The number of thioether (sulfide) groups is 1. The Morgan fingerprint density at radius 2 is 2.27 bits per heavy atom. The van der Waals surface area contributed by atoms with Gasteiger partial charge in [0, 0.05) is 12.4 Å². The lowest BCUT2D eigenvalue weighted by Crippen LogP contribution is -2.09. The lowest BCUT2D eigenvalue weighted by molar-refractivity contribution is 0.129. The molecule has 5 nitrogen and oxygen atoms in total. The summed E-state index contributed by atoms with van der Waals surface area (Å²) < 4.78 is 13.5. The van der Waals surface area contributed by atoms with E-state index in [-0.39, 0.29) is 0 Å². The molecule has 2 aromatic heterocycles. The van der Waals surface area contributed by atoms with E-state index in [9.17, 15) is 0 Å². The molecule has 7 heteroatoms. The van der Waals surface area contributed by atoms with Gasteiger partial charge in [-0.15, -0.1) is 21.5 Å². The fourth-order valence-corrected chi connectivity index (χ4v) is 4.77. The second kappa shape index (κ2) is 7.82. The first kappa shape index (κ1) is 17.6. The van der Waals surface area contributed by atoms with Crippen LogP contribution >= 0.6 is 23.1 Å². The van der Waals surface area contributed by atoms with Crippen molar-refractivity contribution >= 4 is 23.1 Å². The molecule has 1 aromatic carbocycles. The zero-order valence-electron chi connectivity index (χ0n) is 14.8. The van der Waals surface area contributed by atoms with Gasteiger partial charge < -0.3 is 9.47 Å². The van der Waals surface area contributed by atoms with Crippen molar-refractivity contribution in [2.75, 3.05) is 19.5 Å². The average Bonchev–Trinajstić information content (AvgIpc) is 3.40. The van der Waals surface area contributed by atoms with E-state index in [1.54, 1.807) is 30.2 Å². The van der Waals surface area contributed by atoms with Gasteiger partial charge in [-0.05, 0) is 48.9 Å². The van der Waals surface area contributed by atoms with Gasteiger partial charge in [0.05, 0.1) is 23.8 Å². The minimum absolute atomic E-state index is 0.301. The number of benzene rings is 1. The number of thiophene rings is 1. The fourth-order valence-electron chi connectivity index (χ4n) is 3.06. The predicted molar refractivity (Wildman–Crippen MR) is 106 cm³/mol. The maximum absolute atomic E-state index is 5.76. The lowest BCUT2D eigenvalue weighted by Gasteiger charge is -2.15. The van der Waals surface area contributed by atoms with E-state index in [1.807, 2.05) is 12.1 Å². The predicted octanol–water partition coefficient (Wildman–Crippen LogP) is 4.58. The second-order valence-corrected chi connectivity index (χ2v) is 8.18. The SMILES string of the molecule is COc1ccc(C)cc1-n1c(SCC2CCCO2)nnc1-c1cccs1. The number of hydrogen-bond donors (Lipinski definition) is 0. The third-order valence-electron chi connectivity index (χ3n) is 4.37. The average molecular weight is 388 g/mol. The zero-order valence-corrected chi connectivity index (χ0v) is 16.5. The standard InChI is InChI=1S/C19H21N3O2S2/c1-13-7-8-16(23-2)15(11-13)22-18(17-6-4-10-25-17)20-21-19(22)26-12-14-5-3-9-24-14/h4,6-8,10-11,14H,3,5,9,12H2,1-2H3. The van der Waals surface area contributed by atoms with Crippen LogP contribution < -0.4 is 4.74 Å². The van der Waals surface area contributed by atoms with Crippen LogP contribution in [0.2, 0.25) is 0 Å². The Kier molecular flexibility index (Phi) is 5.28. The summed E-state index contributed by atoms with van der Waals surface area (Å²) in [4.78, 5) is 1.09. The zero-order chi connectivity index (χ0) is 17.9. The normalized spacial score (nSPS) is 16.9. The van der Waals surface area contributed by atoms with Crippen molar-refractivity contribution in [3.8, 4) is 22.1 Å². The van der Waals surface area contributed by atoms with Gasteiger partial charge in [0.25, 0.3) is 0 Å². The summed E-state index contributed by atoms with van der Waals surface area (Å²) >= 11 is 3.36. The molecule has 0 amide bonds. The number of aryl methyl sites for hydroxylation is 1. The first-order valence-corrected chi connectivity index (χ1v) is 10.5. The van der Waals surface area contributed by atoms with Crippen LogP contribution in [0.3, 0.4) is 0 Å². The summed E-state index contributed by atoms with van der Waals surface area (Å²) in [5.74, 6) is 2.54. The molecule has 0 N–H and O–H groups in total. The summed E-state index contributed by atoms with van der Waals surface area (Å²) in [6.45, 7) is 2.95. The van der Waals surface area contributed by atoms with E-state index < -0.39 is 0 Å². The summed E-state index contributed by atoms with van der Waals surface area (Å²) in [6.07, 6.45) is 2.56. The molecular formula is C19H21N3O2S2. The van der Waals surface area contributed by atoms with Gasteiger partial charge in [0.2, 0.25) is 0 Å². The molecule has 0 aliphatic carbocycles. The van der Waals surface area contributed by atoms with E-state index in [1.165, 1.54) is 5.56 Å². The van der Waals surface area contributed by atoms with Crippen LogP contribution in [-0.4, -0.2) is 40.3 Å². The van der Waals surface area contributed by atoms with Crippen molar-refractivity contribution in [2.24, 2.45) is 0 Å². The summed E-state index contributed by atoms with van der Waals surface area (Å²) in [5, 5.41) is 11.9. The smallest absolute Gasteiger partial charge is 0.196 e. The molecule has 136 valence electrons. The van der Waals surface area contributed by atoms with Crippen LogP contribution in [0.5, 0.6) is 5.75 Å². The Morgan fingerprint density at radius 3 is 3.00 bits per heavy atom. The summed E-state index contributed by atoms with van der Waals surface area (Å²) in [6, 6.07) is 10.3. The molecule has 1 saturated heterocycles. The van der Waals surface area contributed by atoms with Crippen LogP contribution in [0.25, 0.3) is 16.4 Å². The molecule has 3 heterocycles. The number of nitrogens with zero attached hydrogens (tertiary/aromatic N) is 3. The van der Waals surface area contributed by atoms with Crippen molar-refractivity contribution in [1.29, 1.82) is 0 Å². The lowest BCUT2D eigenvalue weighted by atomic mass is 10.2. The van der Waals surface area contributed by atoms with Crippen LogP contribution in [0.1, 0.15) is 18.4 Å². The van der Waals surface area contributed by atoms with Gasteiger partial charge in [-0.3, -0.25) is 4.57 Å². The Bertz CT molecular complexity index is 871. The number of ether oxygens (including phenoxy) is 2. The molecule has 3 aromatic rings. The van der Waals surface area contributed by atoms with Crippen molar-refractivity contribution in [2.45, 2.75) is 31.0 Å². The van der Waals surface area contributed by atoms with Crippen molar-refractivity contribution in [3.63, 3.8) is 0 Å². The molecule has 1 atom stereocenters. The van der Waals surface area contributed by atoms with Crippen LogP contribution in [-0.2, 0) is 4.74 Å². The Hall–Kier alpha value is -1.83. The van der Waals surface area contributed by atoms with Crippen molar-refractivity contribution in [1.82, 2.24) is 14.8 Å². The van der Waals surface area contributed by atoms with Crippen LogP contribution in [0.4, 0.5) is 0 Å². The third kappa shape index (κ3) is 3.51. The summed E-state index contributed by atoms with van der Waals surface area (Å²) in [5.41, 5.74) is 2.14. The highest BCUT2D eigenvalue weighted by Crippen LogP contribution is 2.35. The third-order valence-corrected chi connectivity index (χ3v) is 6.30. The van der Waals surface area contributed by atoms with E-state index in [2.05, 4.69) is 45.3 Å². The number of methoxy groups -OCH3 is 1. The monoisotopic (exact) mass is 387 g/mol. The highest BCUT2D eigenvalue weighted by Gasteiger charge is 2.22. The molecule has 4 rings (SSSR count). The van der Waals surface area contributed by atoms with E-state index in [0.717, 1.165) is 52.5 Å². The topological polar surface area (TPSA) is 49.2 Å². The molecule has 1 fully saturated rings. The second-order valence-electron chi connectivity index (χ2n) is 6.24. The van der Waals surface area contributed by atoms with Gasteiger partial charge in [-0.25, -0.2) is 0 Å². The molecule has 1 aliphatic heterocycles. The minimum Gasteiger partial charge on any atom is -0.495 e. The Balaban J connectivity index is 1.77. The molecular weight excluding hydrogens is 366 g/mol. The largest absolute Gasteiger partial charge is 0.495 e. The molecule has 0 spiro atoms.